The molecule has 8 heteroatoms. The van der Waals surface area contributed by atoms with Gasteiger partial charge in [0.05, 0.1) is 18.1 Å². The highest BCUT2D eigenvalue weighted by Crippen LogP contribution is 2.37. The summed E-state index contributed by atoms with van der Waals surface area (Å²) in [6.45, 7) is 0. The van der Waals surface area contributed by atoms with Crippen LogP contribution in [0.5, 0.6) is 5.75 Å². The number of fused-ring (bicyclic) bond motifs is 1. The quantitative estimate of drug-likeness (QED) is 0.466. The normalized spacial score (nSPS) is 10.3. The van der Waals surface area contributed by atoms with Crippen LogP contribution in [0.4, 0.5) is 11.5 Å². The topological polar surface area (TPSA) is 84.3 Å². The van der Waals surface area contributed by atoms with Crippen LogP contribution in [-0.2, 0) is 0 Å². The van der Waals surface area contributed by atoms with E-state index in [4.69, 9.17) is 4.74 Å². The third-order valence-electron chi connectivity index (χ3n) is 4.14. The van der Waals surface area contributed by atoms with Crippen molar-refractivity contribution in [3.8, 4) is 16.9 Å². The van der Waals surface area contributed by atoms with Gasteiger partial charge in [-0.05, 0) is 35.9 Å². The van der Waals surface area contributed by atoms with Crippen LogP contribution in [0.2, 0.25) is 0 Å². The number of nitrogens with zero attached hydrogens (tertiary/aromatic N) is 2. The number of carboxylic acid groups (broad SMARTS) is 1. The van der Waals surface area contributed by atoms with Gasteiger partial charge >= 0.3 is 5.97 Å². The smallest absolute Gasteiger partial charge is 0.335 e. The molecule has 28 heavy (non-hydrogen) atoms. The lowest BCUT2D eigenvalue weighted by Crippen LogP contribution is -1.99. The zero-order chi connectivity index (χ0) is 18.8. The van der Waals surface area contributed by atoms with E-state index in [-0.39, 0.29) is 18.0 Å². The van der Waals surface area contributed by atoms with Crippen LogP contribution in [0.15, 0.2) is 60.2 Å². The molecule has 0 radical (unpaired) electrons. The summed E-state index contributed by atoms with van der Waals surface area (Å²) in [5.74, 6) is 0.453. The minimum Gasteiger partial charge on any atom is -0.497 e. The number of aromatic carboxylic acids is 1. The molecule has 2 aromatic carbocycles. The molecule has 0 aliphatic carbocycles. The van der Waals surface area contributed by atoms with Gasteiger partial charge in [0.2, 0.25) is 0 Å². The summed E-state index contributed by atoms with van der Waals surface area (Å²) in [4.78, 5) is 20.8. The van der Waals surface area contributed by atoms with E-state index in [9.17, 15) is 9.90 Å². The van der Waals surface area contributed by atoms with Crippen molar-refractivity contribution in [2.75, 3.05) is 12.4 Å². The summed E-state index contributed by atoms with van der Waals surface area (Å²) in [6, 6.07) is 14.4. The minimum atomic E-state index is -0.971. The van der Waals surface area contributed by atoms with Gasteiger partial charge in [0.1, 0.15) is 22.7 Å². The number of halogens is 1. The second-order valence-electron chi connectivity index (χ2n) is 5.79. The first-order valence-corrected chi connectivity index (χ1v) is 9.00. The van der Waals surface area contributed by atoms with Crippen LogP contribution in [0, 0.1) is 0 Å². The van der Waals surface area contributed by atoms with Crippen molar-refractivity contribution in [1.82, 2.24) is 9.97 Å². The van der Waals surface area contributed by atoms with E-state index in [2.05, 4.69) is 15.3 Å². The predicted molar refractivity (Wildman–Crippen MR) is 113 cm³/mol. The maximum absolute atomic E-state index is 11.2. The first-order chi connectivity index (χ1) is 13.2. The Kier molecular flexibility index (Phi) is 5.77. The Hall–Kier alpha value is -3.16. The average molecular weight is 414 g/mol. The monoisotopic (exact) mass is 413 g/mol. The number of anilines is 2. The van der Waals surface area contributed by atoms with E-state index in [1.54, 1.807) is 31.4 Å². The van der Waals surface area contributed by atoms with Gasteiger partial charge in [-0.2, -0.15) is 0 Å². The Labute approximate surface area is 171 Å². The molecule has 6 nitrogen and oxygen atoms in total. The molecule has 0 fully saturated rings. The number of aromatic nitrogens is 2. The molecule has 2 N–H and O–H groups in total. The Morgan fingerprint density at radius 3 is 2.64 bits per heavy atom. The van der Waals surface area contributed by atoms with Crippen LogP contribution in [0.25, 0.3) is 21.3 Å². The molecule has 4 aromatic rings. The fraction of sp³-hybridized carbons (Fsp3) is 0.0500. The zero-order valence-corrected chi connectivity index (χ0v) is 16.4. The summed E-state index contributed by atoms with van der Waals surface area (Å²) in [6.07, 6.45) is 1.50. The molecular weight excluding hydrogens is 398 g/mol. The molecule has 0 unspecified atom stereocenters. The van der Waals surface area contributed by atoms with E-state index < -0.39 is 5.97 Å². The predicted octanol–water partition coefficient (Wildman–Crippen LogP) is 5.23. The van der Waals surface area contributed by atoms with E-state index in [0.29, 0.717) is 11.5 Å². The van der Waals surface area contributed by atoms with Crippen molar-refractivity contribution in [1.29, 1.82) is 0 Å². The van der Waals surface area contributed by atoms with Gasteiger partial charge in [-0.15, -0.1) is 23.7 Å². The maximum atomic E-state index is 11.2. The molecule has 0 aliphatic rings. The van der Waals surface area contributed by atoms with Crippen LogP contribution in [-0.4, -0.2) is 28.2 Å². The van der Waals surface area contributed by atoms with Crippen LogP contribution in [0.3, 0.4) is 0 Å². The lowest BCUT2D eigenvalue weighted by atomic mass is 10.1. The van der Waals surface area contributed by atoms with Crippen molar-refractivity contribution in [3.05, 3.63) is 65.8 Å². The number of methoxy groups -OCH3 is 1. The molecule has 0 aliphatic heterocycles. The number of rotatable bonds is 5. The van der Waals surface area contributed by atoms with E-state index in [0.717, 1.165) is 27.1 Å². The standard InChI is InChI=1S/C20H15N3O3S.ClH/c1-26-15-7-5-12(6-8-15)16-10-27-19-17(16)18(21-11-22-19)23-14-4-2-3-13(9-14)20(24)25;/h2-11H,1H3,(H,24,25)(H,21,22,23);1H. The molecule has 2 aromatic heterocycles. The maximum Gasteiger partial charge on any atom is 0.335 e. The van der Waals surface area contributed by atoms with E-state index >= 15 is 0 Å². The highest BCUT2D eigenvalue weighted by atomic mass is 35.5. The van der Waals surface area contributed by atoms with Gasteiger partial charge in [0, 0.05) is 16.6 Å². The Bertz CT molecular complexity index is 1130. The molecule has 4 rings (SSSR count). The molecule has 0 amide bonds. The summed E-state index contributed by atoms with van der Waals surface area (Å²) in [5.41, 5.74) is 2.90. The van der Waals surface area contributed by atoms with Gasteiger partial charge in [0.15, 0.2) is 0 Å². The van der Waals surface area contributed by atoms with Crippen LogP contribution < -0.4 is 10.1 Å². The molecule has 0 bridgehead atoms. The molecule has 2 heterocycles. The van der Waals surface area contributed by atoms with Gasteiger partial charge in [-0.3, -0.25) is 0 Å². The summed E-state index contributed by atoms with van der Waals surface area (Å²) in [7, 11) is 1.64. The van der Waals surface area contributed by atoms with Gasteiger partial charge in [0.25, 0.3) is 0 Å². The van der Waals surface area contributed by atoms with Crippen molar-refractivity contribution in [2.45, 2.75) is 0 Å². The molecule has 0 saturated carbocycles. The second-order valence-corrected chi connectivity index (χ2v) is 6.65. The SMILES string of the molecule is COc1ccc(-c2csc3ncnc(Nc4cccc(C(=O)O)c4)c23)cc1.Cl. The van der Waals surface area contributed by atoms with Crippen LogP contribution >= 0.6 is 23.7 Å². The number of ether oxygens (including phenoxy) is 1. The largest absolute Gasteiger partial charge is 0.497 e. The van der Waals surface area contributed by atoms with Gasteiger partial charge in [-0.1, -0.05) is 18.2 Å². The second kappa shape index (κ2) is 8.24. The van der Waals surface area contributed by atoms with Gasteiger partial charge < -0.3 is 15.2 Å². The number of hydrogen-bond donors (Lipinski definition) is 2. The molecule has 0 saturated heterocycles. The third-order valence-corrected chi connectivity index (χ3v) is 5.03. The number of carbonyl (C=O) groups is 1. The Morgan fingerprint density at radius 1 is 1.14 bits per heavy atom. The fourth-order valence-electron chi connectivity index (χ4n) is 2.82. The first-order valence-electron chi connectivity index (χ1n) is 8.12. The Balaban J connectivity index is 0.00000225. The first kappa shape index (κ1) is 19.6. The highest BCUT2D eigenvalue weighted by Gasteiger charge is 2.14. The van der Waals surface area contributed by atoms with Crippen molar-refractivity contribution in [2.24, 2.45) is 0 Å². The highest BCUT2D eigenvalue weighted by molar-refractivity contribution is 7.17. The fourth-order valence-corrected chi connectivity index (χ4v) is 3.74. The minimum absolute atomic E-state index is 0. The summed E-state index contributed by atoms with van der Waals surface area (Å²) in [5, 5.41) is 15.4. The molecule has 0 atom stereocenters. The lowest BCUT2D eigenvalue weighted by molar-refractivity contribution is 0.0697. The average Bonchev–Trinajstić information content (AvgIpc) is 3.13. The molecular formula is C20H16ClN3O3S. The molecule has 142 valence electrons. The van der Waals surface area contributed by atoms with E-state index in [1.165, 1.54) is 17.7 Å². The summed E-state index contributed by atoms with van der Waals surface area (Å²) >= 11 is 1.54. The van der Waals surface area contributed by atoms with Crippen LogP contribution in [0.1, 0.15) is 10.4 Å². The van der Waals surface area contributed by atoms with E-state index in [1.807, 2.05) is 29.6 Å². The van der Waals surface area contributed by atoms with Crippen molar-refractivity contribution >= 4 is 51.4 Å². The third kappa shape index (κ3) is 3.76. The number of thiophene rings is 1. The van der Waals surface area contributed by atoms with Crippen molar-refractivity contribution < 1.29 is 14.6 Å². The number of carboxylic acids is 1. The Morgan fingerprint density at radius 2 is 1.93 bits per heavy atom. The van der Waals surface area contributed by atoms with Gasteiger partial charge in [-0.25, -0.2) is 14.8 Å². The zero-order valence-electron chi connectivity index (χ0n) is 14.7. The number of benzene rings is 2. The number of hydrogen-bond acceptors (Lipinski definition) is 6. The lowest BCUT2D eigenvalue weighted by Gasteiger charge is -2.09. The van der Waals surface area contributed by atoms with Crippen molar-refractivity contribution in [3.63, 3.8) is 0 Å². The number of nitrogens with one attached hydrogen (secondary N) is 1. The summed E-state index contributed by atoms with van der Waals surface area (Å²) < 4.78 is 5.22. The molecule has 0 spiro atoms.